The molecule has 2 N–H and O–H groups in total. The predicted molar refractivity (Wildman–Crippen MR) is 126 cm³/mol. The molecule has 0 saturated heterocycles. The van der Waals surface area contributed by atoms with Crippen LogP contribution in [0.5, 0.6) is 5.75 Å². The number of nitrogens with one attached hydrogen (secondary N) is 1. The zero-order valence-electron chi connectivity index (χ0n) is 19.2. The van der Waals surface area contributed by atoms with E-state index in [-0.39, 0.29) is 23.2 Å². The Balaban J connectivity index is 0.00000385. The zero-order valence-corrected chi connectivity index (χ0v) is 20.0. The Labute approximate surface area is 190 Å². The number of amides is 1. The van der Waals surface area contributed by atoms with Crippen LogP contribution in [0, 0.1) is 20.8 Å². The Morgan fingerprint density at radius 3 is 2.16 bits per heavy atom. The van der Waals surface area contributed by atoms with Crippen LogP contribution in [-0.2, 0) is 22.0 Å². The van der Waals surface area contributed by atoms with E-state index >= 15 is 0 Å². The fraction of sp³-hybridized carbons (Fsp3) is 0.333. The molecule has 172 valence electrons. The first-order valence-electron chi connectivity index (χ1n) is 10.3. The Hall–Kier alpha value is -3.13. The molecule has 1 heterocycles. The molecule has 8 heteroatoms. The second kappa shape index (κ2) is 8.43. The van der Waals surface area contributed by atoms with Gasteiger partial charge in [0.1, 0.15) is 11.4 Å². The minimum absolute atomic E-state index is 0. The van der Waals surface area contributed by atoms with Crippen LogP contribution in [0.3, 0.4) is 0 Å². The number of aryl methyl sites for hydroxylation is 3. The van der Waals surface area contributed by atoms with Gasteiger partial charge in [-0.15, -0.1) is 0 Å². The average molecular weight is 458 g/mol. The predicted octanol–water partition coefficient (Wildman–Crippen LogP) is 4.22. The number of carbonyl (C=O) groups excluding carboxylic acids is 1. The van der Waals surface area contributed by atoms with Crippen LogP contribution in [0.15, 0.2) is 47.4 Å². The fourth-order valence-electron chi connectivity index (χ4n) is 3.55. The molecular formula is C24H31N3O4S. The normalized spacial score (nSPS) is 12.1. The van der Waals surface area contributed by atoms with Gasteiger partial charge in [-0.05, 0) is 67.8 Å². The van der Waals surface area contributed by atoms with E-state index in [1.54, 1.807) is 10.7 Å². The standard InChI is InChI=1S/C24H29N3O4S.H2/c1-15-11-16(2)20(17(3)12-15)14-27-21(13-22(25-27)24(4,5)6)23(29)26-32(30,31)19-9-7-18(28)8-10-19;/h7-13,28H,14H2,1-6H3,(H,26,29);1H. The molecule has 1 amide bonds. The Bertz CT molecular complexity index is 1250. The molecule has 0 spiro atoms. The molecule has 0 bridgehead atoms. The van der Waals surface area contributed by atoms with Gasteiger partial charge in [0.2, 0.25) is 0 Å². The lowest BCUT2D eigenvalue weighted by Gasteiger charge is -2.15. The molecule has 3 aromatic rings. The van der Waals surface area contributed by atoms with Gasteiger partial charge in [0, 0.05) is 6.84 Å². The van der Waals surface area contributed by atoms with Gasteiger partial charge < -0.3 is 5.11 Å². The maximum Gasteiger partial charge on any atom is 0.283 e. The van der Waals surface area contributed by atoms with Crippen molar-refractivity contribution in [3.8, 4) is 5.75 Å². The highest BCUT2D eigenvalue weighted by molar-refractivity contribution is 7.90. The molecule has 0 aliphatic carbocycles. The minimum atomic E-state index is -4.11. The van der Waals surface area contributed by atoms with E-state index in [0.717, 1.165) is 22.3 Å². The Morgan fingerprint density at radius 1 is 1.06 bits per heavy atom. The van der Waals surface area contributed by atoms with Gasteiger partial charge in [-0.2, -0.15) is 5.10 Å². The van der Waals surface area contributed by atoms with E-state index in [2.05, 4.69) is 22.0 Å². The van der Waals surface area contributed by atoms with E-state index in [4.69, 9.17) is 0 Å². The maximum absolute atomic E-state index is 13.1. The van der Waals surface area contributed by atoms with Gasteiger partial charge >= 0.3 is 0 Å². The number of carbonyl (C=O) groups is 1. The zero-order chi connectivity index (χ0) is 23.8. The number of nitrogens with zero attached hydrogens (tertiary/aromatic N) is 2. The third-order valence-corrected chi connectivity index (χ3v) is 6.65. The van der Waals surface area contributed by atoms with Gasteiger partial charge in [0.25, 0.3) is 15.9 Å². The van der Waals surface area contributed by atoms with Crippen LogP contribution in [0.1, 0.15) is 60.6 Å². The lowest BCUT2D eigenvalue weighted by atomic mass is 9.92. The number of hydrogen-bond acceptors (Lipinski definition) is 5. The second-order valence-electron chi connectivity index (χ2n) is 9.13. The molecule has 0 aliphatic heterocycles. The first-order chi connectivity index (χ1) is 14.8. The van der Waals surface area contributed by atoms with Crippen molar-refractivity contribution in [2.75, 3.05) is 0 Å². The number of rotatable bonds is 5. The number of phenols is 1. The highest BCUT2D eigenvalue weighted by Crippen LogP contribution is 2.24. The molecule has 2 aromatic carbocycles. The van der Waals surface area contributed by atoms with Gasteiger partial charge in [-0.25, -0.2) is 13.1 Å². The SMILES string of the molecule is Cc1cc(C)c(Cn2nc(C(C)(C)C)cc2C(=O)NS(=O)(=O)c2ccc(O)cc2)c(C)c1.[HH]. The molecule has 0 saturated carbocycles. The van der Waals surface area contributed by atoms with Crippen molar-refractivity contribution in [1.82, 2.24) is 14.5 Å². The maximum atomic E-state index is 13.1. The number of aromatic nitrogens is 2. The highest BCUT2D eigenvalue weighted by atomic mass is 32.2. The van der Waals surface area contributed by atoms with E-state index in [0.29, 0.717) is 12.2 Å². The largest absolute Gasteiger partial charge is 0.508 e. The van der Waals surface area contributed by atoms with Crippen LogP contribution < -0.4 is 4.72 Å². The van der Waals surface area contributed by atoms with Crippen LogP contribution in [0.2, 0.25) is 0 Å². The summed E-state index contributed by atoms with van der Waals surface area (Å²) in [5, 5.41) is 14.1. The summed E-state index contributed by atoms with van der Waals surface area (Å²) >= 11 is 0. The lowest BCUT2D eigenvalue weighted by molar-refractivity contribution is 0.0971. The number of phenolic OH excluding ortho intramolecular Hbond substituents is 1. The van der Waals surface area contributed by atoms with Gasteiger partial charge in [-0.1, -0.05) is 38.5 Å². The van der Waals surface area contributed by atoms with Crippen molar-refractivity contribution in [3.05, 3.63) is 76.1 Å². The highest BCUT2D eigenvalue weighted by Gasteiger charge is 2.26. The molecule has 0 radical (unpaired) electrons. The van der Waals surface area contributed by atoms with Crippen molar-refractivity contribution in [2.24, 2.45) is 0 Å². The van der Waals surface area contributed by atoms with Crippen molar-refractivity contribution < 1.29 is 19.7 Å². The van der Waals surface area contributed by atoms with Crippen LogP contribution in [-0.4, -0.2) is 29.2 Å². The van der Waals surface area contributed by atoms with Crippen molar-refractivity contribution in [1.29, 1.82) is 0 Å². The second-order valence-corrected chi connectivity index (χ2v) is 10.8. The molecule has 1 aromatic heterocycles. The summed E-state index contributed by atoms with van der Waals surface area (Å²) in [4.78, 5) is 13.0. The quantitative estimate of drug-likeness (QED) is 0.597. The summed E-state index contributed by atoms with van der Waals surface area (Å²) in [6.07, 6.45) is 0. The van der Waals surface area contributed by atoms with E-state index in [1.165, 1.54) is 24.3 Å². The molecule has 3 rings (SSSR count). The van der Waals surface area contributed by atoms with E-state index < -0.39 is 15.9 Å². The third-order valence-electron chi connectivity index (χ3n) is 5.30. The van der Waals surface area contributed by atoms with Crippen molar-refractivity contribution in [2.45, 2.75) is 58.4 Å². The summed E-state index contributed by atoms with van der Waals surface area (Å²) in [7, 11) is -4.11. The van der Waals surface area contributed by atoms with Gasteiger partial charge in [-0.3, -0.25) is 9.48 Å². The van der Waals surface area contributed by atoms with Crippen molar-refractivity contribution >= 4 is 15.9 Å². The molecular weight excluding hydrogens is 426 g/mol. The van der Waals surface area contributed by atoms with Crippen molar-refractivity contribution in [3.63, 3.8) is 0 Å². The van der Waals surface area contributed by atoms with Gasteiger partial charge in [0.15, 0.2) is 0 Å². The van der Waals surface area contributed by atoms with Crippen LogP contribution in [0.25, 0.3) is 0 Å². The summed E-state index contributed by atoms with van der Waals surface area (Å²) in [6, 6.07) is 10.8. The lowest BCUT2D eigenvalue weighted by Crippen LogP contribution is -2.32. The van der Waals surface area contributed by atoms with Gasteiger partial charge in [0.05, 0.1) is 17.1 Å². The smallest absolute Gasteiger partial charge is 0.283 e. The number of sulfonamides is 1. The first-order valence-corrected chi connectivity index (χ1v) is 11.8. The molecule has 32 heavy (non-hydrogen) atoms. The van der Waals surface area contributed by atoms with E-state index in [9.17, 15) is 18.3 Å². The topological polar surface area (TPSA) is 101 Å². The molecule has 0 unspecified atom stereocenters. The monoisotopic (exact) mass is 457 g/mol. The van der Waals surface area contributed by atoms with E-state index in [1.807, 2.05) is 41.5 Å². The summed E-state index contributed by atoms with van der Waals surface area (Å²) in [5.74, 6) is -0.824. The fourth-order valence-corrected chi connectivity index (χ4v) is 4.52. The summed E-state index contributed by atoms with van der Waals surface area (Å²) in [5.41, 5.74) is 4.88. The summed E-state index contributed by atoms with van der Waals surface area (Å²) in [6.45, 7) is 12.3. The number of benzene rings is 2. The average Bonchev–Trinajstić information content (AvgIpc) is 3.09. The molecule has 7 nitrogen and oxygen atoms in total. The summed E-state index contributed by atoms with van der Waals surface area (Å²) < 4.78 is 29.1. The first kappa shape index (κ1) is 23.5. The Kier molecular flexibility index (Phi) is 6.20. The molecule has 0 aliphatic rings. The van der Waals surface area contributed by atoms with Crippen LogP contribution in [0.4, 0.5) is 0 Å². The number of aromatic hydroxyl groups is 1. The number of hydrogen-bond donors (Lipinski definition) is 2. The molecule has 0 atom stereocenters. The Morgan fingerprint density at radius 2 is 1.62 bits per heavy atom. The molecule has 0 fully saturated rings. The van der Waals surface area contributed by atoms with Crippen LogP contribution >= 0.6 is 0 Å². The third kappa shape index (κ3) is 5.02. The minimum Gasteiger partial charge on any atom is -0.508 e.